The molecule has 22 heteroatoms. The SMILES string of the molecule is CC(C)O.CC(C)O.CC(C)O.O[Si]1O[Si]2O[Si]3O[Si](O1)O[Si]1O[Si](O2)O[Si](O3)O1.[Ti]. The summed E-state index contributed by atoms with van der Waals surface area (Å²) in [6.07, 6.45) is -0.500. The molecular weight excluding hydrogens is 577 g/mol. The van der Waals surface area contributed by atoms with E-state index in [9.17, 15) is 4.80 Å². The molecular formula is C9H25O14Si7Ti. The van der Waals surface area contributed by atoms with Gasteiger partial charge in [-0.15, -0.1) is 0 Å². The summed E-state index contributed by atoms with van der Waals surface area (Å²) in [6.45, 7) is 10.3. The Morgan fingerprint density at radius 1 is 0.419 bits per heavy atom. The normalized spacial score (nSPS) is 23.5. The Morgan fingerprint density at radius 2 is 0.548 bits per heavy atom. The fourth-order valence-electron chi connectivity index (χ4n) is 1.08. The molecule has 0 aromatic rings. The summed E-state index contributed by atoms with van der Waals surface area (Å²) < 4.78 is 53.4. The zero-order valence-electron chi connectivity index (χ0n) is 17.6. The average Bonchev–Trinajstić information content (AvgIpc) is 2.49. The van der Waals surface area contributed by atoms with E-state index >= 15 is 0 Å². The molecule has 0 amide bonds. The molecule has 4 N–H and O–H groups in total. The fraction of sp³-hybridized carbons (Fsp3) is 1.00. The van der Waals surface area contributed by atoms with Gasteiger partial charge in [0.15, 0.2) is 0 Å². The summed E-state index contributed by atoms with van der Waals surface area (Å²) in [5.41, 5.74) is 0. The predicted octanol–water partition coefficient (Wildman–Crippen LogP) is -2.75. The van der Waals surface area contributed by atoms with E-state index in [1.807, 2.05) is 0 Å². The van der Waals surface area contributed by atoms with Crippen molar-refractivity contribution < 1.29 is 83.0 Å². The molecule has 177 valence electrons. The van der Waals surface area contributed by atoms with E-state index in [0.29, 0.717) is 0 Å². The van der Waals surface area contributed by atoms with Gasteiger partial charge in [-0.2, -0.15) is 0 Å². The summed E-state index contributed by atoms with van der Waals surface area (Å²) in [5.74, 6) is 0. The van der Waals surface area contributed by atoms with Crippen molar-refractivity contribution in [1.82, 2.24) is 0 Å². The Kier molecular flexibility index (Phi) is 18.1. The van der Waals surface area contributed by atoms with Crippen molar-refractivity contribution in [2.75, 3.05) is 0 Å². The number of aliphatic hydroxyl groups excluding tert-OH is 3. The first kappa shape index (κ1) is 32.7. The van der Waals surface area contributed by atoms with Crippen LogP contribution in [0.15, 0.2) is 0 Å². The minimum atomic E-state index is -2.56. The van der Waals surface area contributed by atoms with E-state index in [0.717, 1.165) is 0 Å². The van der Waals surface area contributed by atoms with Crippen LogP contribution in [0.3, 0.4) is 0 Å². The van der Waals surface area contributed by atoms with E-state index in [1.54, 1.807) is 41.5 Å². The molecule has 4 heterocycles. The second-order valence-electron chi connectivity index (χ2n) is 6.07. The minimum absolute atomic E-state index is 0. The molecule has 4 aliphatic rings. The Labute approximate surface area is 208 Å². The molecule has 4 aliphatic heterocycles. The van der Waals surface area contributed by atoms with Crippen LogP contribution >= 0.6 is 0 Å². The topological polar surface area (TPSA) is 173 Å². The minimum Gasteiger partial charge on any atom is -0.394 e. The zero-order chi connectivity index (χ0) is 22.8. The van der Waals surface area contributed by atoms with Gasteiger partial charge in [-0.1, -0.05) is 0 Å². The standard InChI is InChI=1S/3C3H8O.HO11Si7.Ti/c3*1-3(2)4;1-12-2-13-4-15-5-14(3-12)7-17-9-16(6-13)10-18(8-15)11-17;/h3*3-4H,1-2H3;1H;. The second kappa shape index (κ2) is 17.2. The van der Waals surface area contributed by atoms with Gasteiger partial charge in [0, 0.05) is 40.0 Å². The molecule has 4 saturated heterocycles. The number of hydrogen-bond acceptors (Lipinski definition) is 14. The third-order valence-corrected chi connectivity index (χ3v) is 15.1. The van der Waals surface area contributed by atoms with Crippen LogP contribution in [0.25, 0.3) is 0 Å². The van der Waals surface area contributed by atoms with Gasteiger partial charge in [0.05, 0.1) is 0 Å². The first-order chi connectivity index (χ1) is 13.9. The van der Waals surface area contributed by atoms with Crippen molar-refractivity contribution in [3.05, 3.63) is 0 Å². The van der Waals surface area contributed by atoms with E-state index in [1.165, 1.54) is 0 Å². The van der Waals surface area contributed by atoms with E-state index < -0.39 is 66.7 Å². The molecule has 0 saturated carbocycles. The third kappa shape index (κ3) is 16.1. The molecule has 4 rings (SSSR count). The van der Waals surface area contributed by atoms with Crippen LogP contribution in [0.1, 0.15) is 41.5 Å². The summed E-state index contributed by atoms with van der Waals surface area (Å²) in [7, 11) is -15.5. The van der Waals surface area contributed by atoms with Crippen molar-refractivity contribution in [2.24, 2.45) is 0 Å². The van der Waals surface area contributed by atoms with Gasteiger partial charge in [0.25, 0.3) is 0 Å². The Hall–Kier alpha value is 1.67. The molecule has 0 unspecified atom stereocenters. The van der Waals surface area contributed by atoms with E-state index in [2.05, 4.69) is 0 Å². The molecule has 0 spiro atoms. The molecule has 7 radical (unpaired) electrons. The Balaban J connectivity index is 0.000000585. The fourth-order valence-corrected chi connectivity index (χ4v) is 16.9. The largest absolute Gasteiger partial charge is 0.558 e. The van der Waals surface area contributed by atoms with Crippen LogP contribution in [-0.4, -0.2) is 105 Å². The maximum absolute atomic E-state index is 9.56. The van der Waals surface area contributed by atoms with Crippen molar-refractivity contribution >= 4 is 66.7 Å². The number of rotatable bonds is 0. The monoisotopic (exact) mass is 601 g/mol. The van der Waals surface area contributed by atoms with Crippen LogP contribution in [0.5, 0.6) is 0 Å². The Bertz CT molecular complexity index is 417. The van der Waals surface area contributed by atoms with Gasteiger partial charge in [0.2, 0.25) is 0 Å². The van der Waals surface area contributed by atoms with Gasteiger partial charge in [-0.3, -0.25) is 0 Å². The van der Waals surface area contributed by atoms with Crippen molar-refractivity contribution in [1.29, 1.82) is 0 Å². The van der Waals surface area contributed by atoms with Crippen LogP contribution in [-0.2, 0) is 62.9 Å². The second-order valence-corrected chi connectivity index (χ2v) is 17.8. The molecule has 0 aromatic carbocycles. The smallest absolute Gasteiger partial charge is 0.394 e. The van der Waals surface area contributed by atoms with Gasteiger partial charge in [0.1, 0.15) is 0 Å². The first-order valence-corrected chi connectivity index (χ1v) is 17.2. The first-order valence-electron chi connectivity index (χ1n) is 8.54. The molecule has 6 bridgehead atoms. The number of fused-ring (bicyclic) bond motifs is 4. The average molecular weight is 602 g/mol. The Morgan fingerprint density at radius 3 is 0.710 bits per heavy atom. The molecule has 14 nitrogen and oxygen atoms in total. The summed E-state index contributed by atoms with van der Waals surface area (Å²) in [4.78, 5) is 9.56. The molecule has 31 heavy (non-hydrogen) atoms. The van der Waals surface area contributed by atoms with E-state index in [4.69, 9.17) is 56.5 Å². The number of hydrogen-bond donors (Lipinski definition) is 4. The number of aliphatic hydroxyl groups is 3. The van der Waals surface area contributed by atoms with Crippen molar-refractivity contribution in [3.8, 4) is 0 Å². The predicted molar refractivity (Wildman–Crippen MR) is 105 cm³/mol. The van der Waals surface area contributed by atoms with Crippen LogP contribution in [0.4, 0.5) is 0 Å². The van der Waals surface area contributed by atoms with Crippen molar-refractivity contribution in [2.45, 2.75) is 59.9 Å². The molecule has 4 fully saturated rings. The molecule has 0 atom stereocenters. The maximum Gasteiger partial charge on any atom is 0.558 e. The summed E-state index contributed by atoms with van der Waals surface area (Å²) >= 11 is 0. The van der Waals surface area contributed by atoms with Crippen LogP contribution in [0, 0.1) is 0 Å². The van der Waals surface area contributed by atoms with Gasteiger partial charge in [-0.05, 0) is 41.5 Å². The van der Waals surface area contributed by atoms with Gasteiger partial charge >= 0.3 is 66.7 Å². The molecule has 0 aromatic heterocycles. The maximum atomic E-state index is 9.56. The summed E-state index contributed by atoms with van der Waals surface area (Å²) in [6, 6.07) is 0. The zero-order valence-corrected chi connectivity index (χ0v) is 26.2. The summed E-state index contributed by atoms with van der Waals surface area (Å²) in [5, 5.41) is 24.2. The third-order valence-electron chi connectivity index (χ3n) is 1.67. The molecule has 0 aliphatic carbocycles. The van der Waals surface area contributed by atoms with Crippen LogP contribution in [0.2, 0.25) is 0 Å². The quantitative estimate of drug-likeness (QED) is 0.211. The van der Waals surface area contributed by atoms with Gasteiger partial charge in [-0.25, -0.2) is 0 Å². The van der Waals surface area contributed by atoms with E-state index in [-0.39, 0.29) is 40.0 Å². The van der Waals surface area contributed by atoms with Gasteiger partial charge < -0.3 is 61.3 Å². The van der Waals surface area contributed by atoms with Crippen molar-refractivity contribution in [3.63, 3.8) is 0 Å². The van der Waals surface area contributed by atoms with Crippen LogP contribution < -0.4 is 0 Å².